The maximum Gasteiger partial charge on any atom is 0.416 e. The van der Waals surface area contributed by atoms with Crippen molar-refractivity contribution in [2.24, 2.45) is 0 Å². The van der Waals surface area contributed by atoms with Crippen LogP contribution in [0.25, 0.3) is 0 Å². The van der Waals surface area contributed by atoms with Crippen LogP contribution < -0.4 is 0 Å². The summed E-state index contributed by atoms with van der Waals surface area (Å²) in [6.07, 6.45) is -4.36. The highest BCUT2D eigenvalue weighted by Gasteiger charge is 2.38. The second kappa shape index (κ2) is 6.04. The van der Waals surface area contributed by atoms with Crippen LogP contribution in [-0.4, -0.2) is 36.7 Å². The number of alkyl halides is 3. The van der Waals surface area contributed by atoms with Crippen molar-refractivity contribution in [1.82, 2.24) is 4.90 Å². The van der Waals surface area contributed by atoms with Gasteiger partial charge in [-0.25, -0.2) is 0 Å². The molecule has 114 valence electrons. The minimum absolute atomic E-state index is 0.0409. The summed E-state index contributed by atoms with van der Waals surface area (Å²) < 4.78 is 44.4. The minimum atomic E-state index is -4.40. The molecule has 1 saturated heterocycles. The molecule has 6 heteroatoms. The fraction of sp³-hybridized carbons (Fsp3) is 0.533. The Morgan fingerprint density at radius 2 is 1.86 bits per heavy atom. The van der Waals surface area contributed by atoms with Crippen molar-refractivity contribution in [3.05, 3.63) is 35.4 Å². The molecule has 1 heterocycles. The second-order valence-electron chi connectivity index (χ2n) is 5.32. The zero-order valence-electron chi connectivity index (χ0n) is 11.8. The molecule has 1 aromatic rings. The summed E-state index contributed by atoms with van der Waals surface area (Å²) in [5, 5.41) is 9.48. The van der Waals surface area contributed by atoms with E-state index in [1.165, 1.54) is 12.1 Å². The number of benzene rings is 1. The first-order valence-corrected chi connectivity index (χ1v) is 6.76. The zero-order chi connectivity index (χ0) is 15.5. The normalized spacial score (nSPS) is 19.8. The van der Waals surface area contributed by atoms with Crippen LogP contribution in [0.2, 0.25) is 0 Å². The smallest absolute Gasteiger partial charge is 0.379 e. The van der Waals surface area contributed by atoms with Crippen LogP contribution in [0.4, 0.5) is 13.2 Å². The van der Waals surface area contributed by atoms with Gasteiger partial charge in [-0.3, -0.25) is 4.90 Å². The van der Waals surface area contributed by atoms with Crippen LogP contribution in [0.15, 0.2) is 24.3 Å². The van der Waals surface area contributed by atoms with Gasteiger partial charge in [0, 0.05) is 19.5 Å². The summed E-state index contributed by atoms with van der Waals surface area (Å²) in [6.45, 7) is 3.79. The lowest BCUT2D eigenvalue weighted by molar-refractivity contribution is -0.138. The van der Waals surface area contributed by atoms with Crippen LogP contribution in [0, 0.1) is 11.3 Å². The monoisotopic (exact) mass is 298 g/mol. The van der Waals surface area contributed by atoms with E-state index in [1.54, 1.807) is 13.0 Å². The van der Waals surface area contributed by atoms with Crippen LogP contribution in [0.1, 0.15) is 18.1 Å². The van der Waals surface area contributed by atoms with Crippen LogP contribution in [-0.2, 0) is 17.3 Å². The van der Waals surface area contributed by atoms with Gasteiger partial charge in [-0.15, -0.1) is 0 Å². The Morgan fingerprint density at radius 1 is 1.24 bits per heavy atom. The number of hydrogen-bond acceptors (Lipinski definition) is 3. The molecular formula is C15H17F3N2O. The standard InChI is InChI=1S/C15H17F3N2O/c1-14(11-19,20-6-8-21-9-7-20)10-12-4-2-3-5-13(12)15(16,17)18/h2-5H,6-10H2,1H3. The largest absolute Gasteiger partial charge is 0.416 e. The van der Waals surface area contributed by atoms with E-state index < -0.39 is 17.3 Å². The van der Waals surface area contributed by atoms with Gasteiger partial charge in [-0.05, 0) is 18.6 Å². The van der Waals surface area contributed by atoms with E-state index in [-0.39, 0.29) is 12.0 Å². The highest BCUT2D eigenvalue weighted by Crippen LogP contribution is 2.34. The summed E-state index contributed by atoms with van der Waals surface area (Å²) in [7, 11) is 0. The average molecular weight is 298 g/mol. The van der Waals surface area contributed by atoms with Crippen molar-refractivity contribution in [2.75, 3.05) is 26.3 Å². The fourth-order valence-corrected chi connectivity index (χ4v) is 2.60. The fourth-order valence-electron chi connectivity index (χ4n) is 2.60. The number of halogens is 3. The Hall–Kier alpha value is -1.58. The van der Waals surface area contributed by atoms with Gasteiger partial charge in [0.1, 0.15) is 5.54 Å². The maximum absolute atomic E-state index is 13.1. The number of ether oxygens (including phenoxy) is 1. The van der Waals surface area contributed by atoms with Crippen molar-refractivity contribution >= 4 is 0 Å². The lowest BCUT2D eigenvalue weighted by Gasteiger charge is -2.38. The van der Waals surface area contributed by atoms with E-state index in [0.717, 1.165) is 6.07 Å². The molecule has 1 aliphatic heterocycles. The van der Waals surface area contributed by atoms with Gasteiger partial charge in [0.2, 0.25) is 0 Å². The average Bonchev–Trinajstić information content (AvgIpc) is 2.47. The molecule has 2 rings (SSSR count). The Morgan fingerprint density at radius 3 is 2.43 bits per heavy atom. The lowest BCUT2D eigenvalue weighted by Crippen LogP contribution is -2.52. The van der Waals surface area contributed by atoms with E-state index in [9.17, 15) is 18.4 Å². The summed E-state index contributed by atoms with van der Waals surface area (Å²) in [5.41, 5.74) is -1.48. The van der Waals surface area contributed by atoms with Gasteiger partial charge in [0.15, 0.2) is 0 Å². The van der Waals surface area contributed by atoms with Crippen LogP contribution in [0.3, 0.4) is 0 Å². The highest BCUT2D eigenvalue weighted by atomic mass is 19.4. The third kappa shape index (κ3) is 3.55. The molecule has 0 bridgehead atoms. The molecule has 21 heavy (non-hydrogen) atoms. The summed E-state index contributed by atoms with van der Waals surface area (Å²) in [5.74, 6) is 0. The molecule has 0 amide bonds. The zero-order valence-corrected chi connectivity index (χ0v) is 11.8. The summed E-state index contributed by atoms with van der Waals surface area (Å²) in [4.78, 5) is 1.89. The number of morpholine rings is 1. The quantitative estimate of drug-likeness (QED) is 0.861. The third-order valence-corrected chi connectivity index (χ3v) is 3.81. The Balaban J connectivity index is 2.29. The number of nitriles is 1. The number of rotatable bonds is 3. The molecule has 0 radical (unpaired) electrons. The van der Waals surface area contributed by atoms with Gasteiger partial charge in [0.05, 0.1) is 24.8 Å². The summed E-state index contributed by atoms with van der Waals surface area (Å²) in [6, 6.07) is 7.62. The first-order valence-electron chi connectivity index (χ1n) is 6.76. The molecule has 1 fully saturated rings. The van der Waals surface area contributed by atoms with E-state index >= 15 is 0 Å². The first kappa shape index (κ1) is 15.8. The van der Waals surface area contributed by atoms with Gasteiger partial charge in [0.25, 0.3) is 0 Å². The lowest BCUT2D eigenvalue weighted by atomic mass is 9.89. The van der Waals surface area contributed by atoms with Crippen molar-refractivity contribution < 1.29 is 17.9 Å². The Kier molecular flexibility index (Phi) is 4.55. The third-order valence-electron chi connectivity index (χ3n) is 3.81. The molecule has 1 aromatic carbocycles. The molecule has 1 unspecified atom stereocenters. The molecule has 0 aromatic heterocycles. The topological polar surface area (TPSA) is 36.3 Å². The molecule has 0 saturated carbocycles. The number of hydrogen-bond donors (Lipinski definition) is 0. The summed E-state index contributed by atoms with van der Waals surface area (Å²) >= 11 is 0. The SMILES string of the molecule is CC(C#N)(Cc1ccccc1C(F)(F)F)N1CCOCC1. The van der Waals surface area contributed by atoms with Crippen molar-refractivity contribution in [1.29, 1.82) is 5.26 Å². The molecule has 1 aliphatic rings. The van der Waals surface area contributed by atoms with Gasteiger partial charge in [-0.2, -0.15) is 18.4 Å². The van der Waals surface area contributed by atoms with Gasteiger partial charge in [-0.1, -0.05) is 18.2 Å². The molecule has 0 N–H and O–H groups in total. The first-order chi connectivity index (χ1) is 9.87. The predicted octanol–water partition coefficient (Wildman–Crippen LogP) is 2.86. The minimum Gasteiger partial charge on any atom is -0.379 e. The van der Waals surface area contributed by atoms with E-state index in [0.29, 0.717) is 26.3 Å². The van der Waals surface area contributed by atoms with Gasteiger partial charge < -0.3 is 4.74 Å². The van der Waals surface area contributed by atoms with Crippen LogP contribution in [0.5, 0.6) is 0 Å². The number of nitrogens with zero attached hydrogens (tertiary/aromatic N) is 2. The Labute approximate surface area is 121 Å². The highest BCUT2D eigenvalue weighted by molar-refractivity contribution is 5.32. The maximum atomic E-state index is 13.1. The van der Waals surface area contributed by atoms with Crippen molar-refractivity contribution in [3.63, 3.8) is 0 Å². The van der Waals surface area contributed by atoms with Crippen LogP contribution >= 0.6 is 0 Å². The molecule has 0 spiro atoms. The molecule has 1 atom stereocenters. The second-order valence-corrected chi connectivity index (χ2v) is 5.32. The predicted molar refractivity (Wildman–Crippen MR) is 71.6 cm³/mol. The molecular weight excluding hydrogens is 281 g/mol. The van der Waals surface area contributed by atoms with E-state index in [2.05, 4.69) is 6.07 Å². The van der Waals surface area contributed by atoms with E-state index in [4.69, 9.17) is 4.74 Å². The van der Waals surface area contributed by atoms with Gasteiger partial charge >= 0.3 is 6.18 Å². The Bertz CT molecular complexity index is 532. The van der Waals surface area contributed by atoms with E-state index in [1.807, 2.05) is 4.90 Å². The molecule has 0 aliphatic carbocycles. The van der Waals surface area contributed by atoms with Crippen molar-refractivity contribution in [2.45, 2.75) is 25.1 Å². The molecule has 3 nitrogen and oxygen atoms in total. The van der Waals surface area contributed by atoms with Crippen molar-refractivity contribution in [3.8, 4) is 6.07 Å².